The summed E-state index contributed by atoms with van der Waals surface area (Å²) in [6, 6.07) is 6.05. The van der Waals surface area contributed by atoms with Crippen LogP contribution in [0.5, 0.6) is 0 Å². The first-order valence-corrected chi connectivity index (χ1v) is 7.30. The van der Waals surface area contributed by atoms with E-state index in [2.05, 4.69) is 16.3 Å². The van der Waals surface area contributed by atoms with E-state index < -0.39 is 5.60 Å². The largest absolute Gasteiger partial charge is 0.390 e. The van der Waals surface area contributed by atoms with E-state index in [1.807, 2.05) is 26.1 Å². The maximum Gasteiger partial charge on any atom is 0.0637 e. The molecule has 0 aromatic heterocycles. The molecule has 1 atom stereocenters. The number of nitrogens with one attached hydrogen (secondary N) is 1. The lowest BCUT2D eigenvalue weighted by atomic mass is 9.98. The molecule has 1 aromatic carbocycles. The van der Waals surface area contributed by atoms with Crippen LogP contribution in [-0.4, -0.2) is 30.8 Å². The topological polar surface area (TPSA) is 35.5 Å². The first-order valence-electron chi connectivity index (χ1n) is 6.92. The van der Waals surface area contributed by atoms with E-state index in [0.29, 0.717) is 0 Å². The second-order valence-corrected chi connectivity index (χ2v) is 6.08. The molecule has 106 valence electrons. The molecular weight excluding hydrogens is 260 g/mol. The lowest BCUT2D eigenvalue weighted by Crippen LogP contribution is -2.29. The van der Waals surface area contributed by atoms with Gasteiger partial charge in [0.1, 0.15) is 0 Å². The highest BCUT2D eigenvalue weighted by atomic mass is 35.5. The van der Waals surface area contributed by atoms with Gasteiger partial charge in [-0.05, 0) is 50.9 Å². The van der Waals surface area contributed by atoms with Crippen molar-refractivity contribution in [1.82, 2.24) is 5.32 Å². The van der Waals surface area contributed by atoms with Gasteiger partial charge in [0, 0.05) is 30.3 Å². The van der Waals surface area contributed by atoms with E-state index >= 15 is 0 Å². The molecule has 0 aliphatic carbocycles. The highest BCUT2D eigenvalue weighted by Crippen LogP contribution is 2.29. The Morgan fingerprint density at radius 3 is 2.89 bits per heavy atom. The number of anilines is 1. The summed E-state index contributed by atoms with van der Waals surface area (Å²) >= 11 is 6.14. The maximum atomic E-state index is 10.2. The first kappa shape index (κ1) is 14.6. The second kappa shape index (κ2) is 6.12. The number of benzene rings is 1. The third-order valence-electron chi connectivity index (χ3n) is 3.82. The van der Waals surface area contributed by atoms with Crippen molar-refractivity contribution >= 4 is 17.3 Å². The van der Waals surface area contributed by atoms with Crippen LogP contribution in [-0.2, 0) is 6.54 Å². The van der Waals surface area contributed by atoms with Crippen LogP contribution in [0.1, 0.15) is 31.7 Å². The monoisotopic (exact) mass is 282 g/mol. The second-order valence-electron chi connectivity index (χ2n) is 5.64. The summed E-state index contributed by atoms with van der Waals surface area (Å²) in [5.74, 6) is 0. The maximum absolute atomic E-state index is 10.2. The number of rotatable bonds is 3. The number of nitrogens with zero attached hydrogens (tertiary/aromatic N) is 1. The van der Waals surface area contributed by atoms with Gasteiger partial charge in [-0.15, -0.1) is 0 Å². The molecule has 2 rings (SSSR count). The standard InChI is InChI=1S/C15H23ClN2O/c1-15(19)6-3-8-18(9-7-15)14-10-13(16)5-4-12(14)11-17-2/h4-5,10,17,19H,3,6-9,11H2,1-2H3. The number of hydrogen-bond acceptors (Lipinski definition) is 3. The van der Waals surface area contributed by atoms with Crippen molar-refractivity contribution in [3.05, 3.63) is 28.8 Å². The van der Waals surface area contributed by atoms with E-state index in [0.717, 1.165) is 43.9 Å². The van der Waals surface area contributed by atoms with Gasteiger partial charge in [-0.1, -0.05) is 17.7 Å². The predicted octanol–water partition coefficient (Wildman–Crippen LogP) is 2.80. The molecule has 0 bridgehead atoms. The van der Waals surface area contributed by atoms with Gasteiger partial charge in [-0.2, -0.15) is 0 Å². The van der Waals surface area contributed by atoms with Crippen LogP contribution in [0, 0.1) is 0 Å². The van der Waals surface area contributed by atoms with Crippen molar-refractivity contribution < 1.29 is 5.11 Å². The zero-order valence-corrected chi connectivity index (χ0v) is 12.5. The van der Waals surface area contributed by atoms with E-state index in [1.165, 1.54) is 11.3 Å². The fourth-order valence-electron chi connectivity index (χ4n) is 2.68. The summed E-state index contributed by atoms with van der Waals surface area (Å²) in [6.45, 7) is 4.62. The highest BCUT2D eigenvalue weighted by Gasteiger charge is 2.25. The van der Waals surface area contributed by atoms with Crippen LogP contribution in [0.3, 0.4) is 0 Å². The van der Waals surface area contributed by atoms with Crippen molar-refractivity contribution in [1.29, 1.82) is 0 Å². The SMILES string of the molecule is CNCc1ccc(Cl)cc1N1CCCC(C)(O)CC1. The van der Waals surface area contributed by atoms with Crippen molar-refractivity contribution in [2.75, 3.05) is 25.0 Å². The van der Waals surface area contributed by atoms with Crippen LogP contribution in [0.15, 0.2) is 18.2 Å². The molecule has 0 saturated carbocycles. The molecule has 1 heterocycles. The summed E-state index contributed by atoms with van der Waals surface area (Å²) in [4.78, 5) is 2.35. The Labute approximate surface area is 120 Å². The molecule has 3 nitrogen and oxygen atoms in total. The van der Waals surface area contributed by atoms with Gasteiger partial charge in [-0.3, -0.25) is 0 Å². The number of halogens is 1. The minimum Gasteiger partial charge on any atom is -0.390 e. The summed E-state index contributed by atoms with van der Waals surface area (Å²) in [6.07, 6.45) is 2.68. The fraction of sp³-hybridized carbons (Fsp3) is 0.600. The molecule has 0 radical (unpaired) electrons. The molecule has 1 aliphatic heterocycles. The molecule has 0 spiro atoms. The Hall–Kier alpha value is -0.770. The molecule has 1 fully saturated rings. The van der Waals surface area contributed by atoms with Gasteiger partial charge < -0.3 is 15.3 Å². The van der Waals surface area contributed by atoms with E-state index in [-0.39, 0.29) is 0 Å². The molecule has 19 heavy (non-hydrogen) atoms. The zero-order valence-electron chi connectivity index (χ0n) is 11.7. The van der Waals surface area contributed by atoms with E-state index in [9.17, 15) is 5.11 Å². The van der Waals surface area contributed by atoms with E-state index in [4.69, 9.17) is 11.6 Å². The molecular formula is C15H23ClN2O. The lowest BCUT2D eigenvalue weighted by Gasteiger charge is -2.26. The summed E-state index contributed by atoms with van der Waals surface area (Å²) < 4.78 is 0. The lowest BCUT2D eigenvalue weighted by molar-refractivity contribution is 0.0481. The van der Waals surface area contributed by atoms with Gasteiger partial charge in [0.25, 0.3) is 0 Å². The Morgan fingerprint density at radius 1 is 1.37 bits per heavy atom. The summed E-state index contributed by atoms with van der Waals surface area (Å²) in [7, 11) is 1.95. The normalized spacial score (nSPS) is 24.3. The van der Waals surface area contributed by atoms with Crippen LogP contribution < -0.4 is 10.2 Å². The van der Waals surface area contributed by atoms with Crippen LogP contribution in [0.4, 0.5) is 5.69 Å². The van der Waals surface area contributed by atoms with Gasteiger partial charge in [-0.25, -0.2) is 0 Å². The van der Waals surface area contributed by atoms with Crippen molar-refractivity contribution in [2.45, 2.75) is 38.3 Å². The number of hydrogen-bond donors (Lipinski definition) is 2. The Kier molecular flexibility index (Phi) is 4.71. The predicted molar refractivity (Wildman–Crippen MR) is 80.9 cm³/mol. The quantitative estimate of drug-likeness (QED) is 0.895. The molecule has 2 N–H and O–H groups in total. The van der Waals surface area contributed by atoms with Crippen LogP contribution >= 0.6 is 11.6 Å². The summed E-state index contributed by atoms with van der Waals surface area (Å²) in [5.41, 5.74) is 1.92. The van der Waals surface area contributed by atoms with Crippen molar-refractivity contribution in [2.24, 2.45) is 0 Å². The van der Waals surface area contributed by atoms with Gasteiger partial charge in [0.15, 0.2) is 0 Å². The van der Waals surface area contributed by atoms with Crippen LogP contribution in [0.2, 0.25) is 5.02 Å². The molecule has 1 unspecified atom stereocenters. The Balaban J connectivity index is 2.22. The van der Waals surface area contributed by atoms with Crippen molar-refractivity contribution in [3.63, 3.8) is 0 Å². The van der Waals surface area contributed by atoms with E-state index in [1.54, 1.807) is 0 Å². The fourth-order valence-corrected chi connectivity index (χ4v) is 2.84. The Morgan fingerprint density at radius 2 is 2.16 bits per heavy atom. The zero-order chi connectivity index (χ0) is 13.9. The molecule has 1 saturated heterocycles. The first-order chi connectivity index (χ1) is 9.02. The summed E-state index contributed by atoms with van der Waals surface area (Å²) in [5, 5.41) is 14.1. The third kappa shape index (κ3) is 3.85. The molecule has 1 aliphatic rings. The van der Waals surface area contributed by atoms with Gasteiger partial charge >= 0.3 is 0 Å². The van der Waals surface area contributed by atoms with Crippen LogP contribution in [0.25, 0.3) is 0 Å². The molecule has 0 amide bonds. The average Bonchev–Trinajstić information content (AvgIpc) is 2.53. The Bertz CT molecular complexity index is 434. The molecule has 4 heteroatoms. The third-order valence-corrected chi connectivity index (χ3v) is 4.05. The smallest absolute Gasteiger partial charge is 0.0637 e. The number of aliphatic hydroxyl groups is 1. The highest BCUT2D eigenvalue weighted by molar-refractivity contribution is 6.30. The minimum atomic E-state index is -0.531. The molecule has 1 aromatic rings. The van der Waals surface area contributed by atoms with Crippen molar-refractivity contribution in [3.8, 4) is 0 Å². The van der Waals surface area contributed by atoms with Gasteiger partial charge in [0.2, 0.25) is 0 Å². The minimum absolute atomic E-state index is 0.531. The average molecular weight is 283 g/mol. The van der Waals surface area contributed by atoms with Gasteiger partial charge in [0.05, 0.1) is 5.60 Å².